The molecule has 2 amide bonds. The van der Waals surface area contributed by atoms with Gasteiger partial charge in [0, 0.05) is 37.7 Å². The summed E-state index contributed by atoms with van der Waals surface area (Å²) in [7, 11) is 3.92. The Hall–Kier alpha value is -2.37. The molecule has 1 aromatic rings. The Balaban J connectivity index is 2.43. The number of carbonyl (C=O) groups is 2. The number of carbonyl (C=O) groups excluding carboxylic acids is 2. The Bertz CT molecular complexity index is 912. The molecule has 1 aliphatic heterocycles. The van der Waals surface area contributed by atoms with E-state index < -0.39 is 36.9 Å². The summed E-state index contributed by atoms with van der Waals surface area (Å²) in [6, 6.07) is 3.97. The fourth-order valence-corrected chi connectivity index (χ4v) is 4.30. The standard InChI is InChI=1S/C27H42F3N3O5/c1-18-15-33(19(2)17-34)26(36)22-14-21(31-25(35)11-12-27(28,29)30)9-10-23(22)38-20(3)8-6-7-13-37-24(18)16-32(4)5/h9-10,14,18-20,24,34H,6-8,11-13,15-17H2,1-5H3,(H,31,35)/t18-,19+,20-,24+/m1/s1. The summed E-state index contributed by atoms with van der Waals surface area (Å²) in [6.45, 7) is 6.93. The number of amides is 2. The molecule has 216 valence electrons. The van der Waals surface area contributed by atoms with E-state index in [0.717, 1.165) is 19.3 Å². The normalized spacial score (nSPS) is 22.8. The second kappa shape index (κ2) is 14.7. The molecule has 1 aromatic carbocycles. The van der Waals surface area contributed by atoms with Gasteiger partial charge in [-0.05, 0) is 65.4 Å². The predicted molar refractivity (Wildman–Crippen MR) is 139 cm³/mol. The highest BCUT2D eigenvalue weighted by Gasteiger charge is 2.31. The Morgan fingerprint density at radius 1 is 1.26 bits per heavy atom. The minimum Gasteiger partial charge on any atom is -0.490 e. The number of fused-ring (bicyclic) bond motifs is 1. The Kier molecular flexibility index (Phi) is 12.3. The number of nitrogens with one attached hydrogen (secondary N) is 1. The van der Waals surface area contributed by atoms with Gasteiger partial charge in [-0.2, -0.15) is 13.2 Å². The number of hydrogen-bond donors (Lipinski definition) is 2. The van der Waals surface area contributed by atoms with Crippen LogP contribution < -0.4 is 10.1 Å². The zero-order valence-electron chi connectivity index (χ0n) is 23.0. The first-order valence-corrected chi connectivity index (χ1v) is 13.2. The van der Waals surface area contributed by atoms with Crippen LogP contribution in [-0.2, 0) is 9.53 Å². The molecule has 4 atom stereocenters. The predicted octanol–water partition coefficient (Wildman–Crippen LogP) is 4.32. The number of likely N-dealkylation sites (N-methyl/N-ethyl adjacent to an activating group) is 1. The van der Waals surface area contributed by atoms with Gasteiger partial charge in [0.25, 0.3) is 5.91 Å². The maximum absolute atomic E-state index is 13.9. The monoisotopic (exact) mass is 545 g/mol. The highest BCUT2D eigenvalue weighted by Crippen LogP contribution is 2.29. The molecular weight excluding hydrogens is 503 g/mol. The van der Waals surface area contributed by atoms with Gasteiger partial charge in [0.1, 0.15) is 5.75 Å². The van der Waals surface area contributed by atoms with Crippen molar-refractivity contribution in [2.24, 2.45) is 5.92 Å². The molecule has 1 aliphatic rings. The number of hydrogen-bond acceptors (Lipinski definition) is 6. The zero-order chi connectivity index (χ0) is 28.5. The van der Waals surface area contributed by atoms with Gasteiger partial charge in [-0.1, -0.05) is 6.92 Å². The summed E-state index contributed by atoms with van der Waals surface area (Å²) in [4.78, 5) is 29.6. The van der Waals surface area contributed by atoms with E-state index in [4.69, 9.17) is 9.47 Å². The third-order valence-corrected chi connectivity index (χ3v) is 6.52. The summed E-state index contributed by atoms with van der Waals surface area (Å²) in [5.41, 5.74) is 0.361. The van der Waals surface area contributed by atoms with Crippen LogP contribution in [0.15, 0.2) is 18.2 Å². The van der Waals surface area contributed by atoms with Crippen LogP contribution >= 0.6 is 0 Å². The van der Waals surface area contributed by atoms with Crippen LogP contribution in [0.5, 0.6) is 5.75 Å². The second-order valence-corrected chi connectivity index (χ2v) is 10.4. The Morgan fingerprint density at radius 3 is 2.61 bits per heavy atom. The van der Waals surface area contributed by atoms with E-state index in [1.807, 2.05) is 32.8 Å². The Morgan fingerprint density at radius 2 is 1.97 bits per heavy atom. The third-order valence-electron chi connectivity index (χ3n) is 6.52. The topological polar surface area (TPSA) is 91.3 Å². The molecule has 0 radical (unpaired) electrons. The first kappa shape index (κ1) is 31.8. The van der Waals surface area contributed by atoms with Gasteiger partial charge in [0.2, 0.25) is 5.91 Å². The largest absolute Gasteiger partial charge is 0.490 e. The first-order chi connectivity index (χ1) is 17.8. The number of nitrogens with zero attached hydrogens (tertiary/aromatic N) is 2. The van der Waals surface area contributed by atoms with Crippen LogP contribution in [0.1, 0.15) is 63.2 Å². The first-order valence-electron chi connectivity index (χ1n) is 13.2. The molecule has 0 saturated carbocycles. The molecule has 1 heterocycles. The smallest absolute Gasteiger partial charge is 0.389 e. The van der Waals surface area contributed by atoms with E-state index in [1.54, 1.807) is 17.9 Å². The lowest BCUT2D eigenvalue weighted by Crippen LogP contribution is -2.47. The molecule has 0 bridgehead atoms. The summed E-state index contributed by atoms with van der Waals surface area (Å²) >= 11 is 0. The van der Waals surface area contributed by atoms with E-state index in [0.29, 0.717) is 25.4 Å². The molecular formula is C27H42F3N3O5. The summed E-state index contributed by atoms with van der Waals surface area (Å²) in [5.74, 6) is -0.959. The summed E-state index contributed by atoms with van der Waals surface area (Å²) in [5, 5.41) is 12.4. The van der Waals surface area contributed by atoms with Crippen molar-refractivity contribution in [3.63, 3.8) is 0 Å². The number of alkyl halides is 3. The SMILES string of the molecule is C[C@@H]1CCCCO[C@@H](CN(C)C)[C@H](C)CN([C@@H](C)CO)C(=O)c2cc(NC(=O)CCC(F)(F)F)ccc2O1. The average Bonchev–Trinajstić information content (AvgIpc) is 2.83. The van der Waals surface area contributed by atoms with Crippen LogP contribution in [0.3, 0.4) is 0 Å². The van der Waals surface area contributed by atoms with Crippen molar-refractivity contribution >= 4 is 17.5 Å². The molecule has 0 fully saturated rings. The second-order valence-electron chi connectivity index (χ2n) is 10.4. The van der Waals surface area contributed by atoms with Crippen molar-refractivity contribution in [3.05, 3.63) is 23.8 Å². The number of halogens is 3. The quantitative estimate of drug-likeness (QED) is 0.530. The van der Waals surface area contributed by atoms with Gasteiger partial charge in [0.05, 0.1) is 36.8 Å². The van der Waals surface area contributed by atoms with Crippen LogP contribution in [0, 0.1) is 5.92 Å². The molecule has 0 saturated heterocycles. The number of aliphatic hydroxyl groups excluding tert-OH is 1. The fraction of sp³-hybridized carbons (Fsp3) is 0.704. The van der Waals surface area contributed by atoms with Gasteiger partial charge < -0.3 is 29.7 Å². The molecule has 8 nitrogen and oxygen atoms in total. The third kappa shape index (κ3) is 10.4. The van der Waals surface area contributed by atoms with E-state index in [1.165, 1.54) is 12.1 Å². The van der Waals surface area contributed by atoms with E-state index in [2.05, 4.69) is 5.32 Å². The highest BCUT2D eigenvalue weighted by molar-refractivity contribution is 5.99. The minimum atomic E-state index is -4.44. The zero-order valence-corrected chi connectivity index (χ0v) is 23.0. The number of rotatable bonds is 7. The molecule has 2 rings (SSSR count). The Labute approximate surface area is 223 Å². The summed E-state index contributed by atoms with van der Waals surface area (Å²) < 4.78 is 49.9. The molecule has 38 heavy (non-hydrogen) atoms. The molecule has 0 aliphatic carbocycles. The van der Waals surface area contributed by atoms with Crippen LogP contribution in [0.4, 0.5) is 18.9 Å². The molecule has 2 N–H and O–H groups in total. The van der Waals surface area contributed by atoms with Crippen molar-refractivity contribution in [1.82, 2.24) is 9.80 Å². The van der Waals surface area contributed by atoms with Crippen molar-refractivity contribution in [2.45, 2.75) is 77.3 Å². The van der Waals surface area contributed by atoms with Crippen molar-refractivity contribution in [1.29, 1.82) is 0 Å². The van der Waals surface area contributed by atoms with Crippen molar-refractivity contribution in [2.75, 3.05) is 45.7 Å². The number of benzene rings is 1. The molecule has 0 spiro atoms. The van der Waals surface area contributed by atoms with Crippen LogP contribution in [0.2, 0.25) is 0 Å². The average molecular weight is 546 g/mol. The van der Waals surface area contributed by atoms with Gasteiger partial charge in [0.15, 0.2) is 0 Å². The van der Waals surface area contributed by atoms with Crippen molar-refractivity contribution in [3.8, 4) is 5.75 Å². The highest BCUT2D eigenvalue weighted by atomic mass is 19.4. The molecule has 11 heteroatoms. The van der Waals surface area contributed by atoms with Crippen LogP contribution in [-0.4, -0.2) is 91.5 Å². The number of ether oxygens (including phenoxy) is 2. The molecule has 0 unspecified atom stereocenters. The van der Waals surface area contributed by atoms with Crippen LogP contribution in [0.25, 0.3) is 0 Å². The fourth-order valence-electron chi connectivity index (χ4n) is 4.30. The molecule has 0 aromatic heterocycles. The van der Waals surface area contributed by atoms with E-state index in [9.17, 15) is 27.9 Å². The minimum absolute atomic E-state index is 0.0631. The number of anilines is 1. The van der Waals surface area contributed by atoms with Crippen molar-refractivity contribution < 1.29 is 37.3 Å². The lowest BCUT2D eigenvalue weighted by molar-refractivity contribution is -0.142. The lowest BCUT2D eigenvalue weighted by atomic mass is 10.0. The summed E-state index contributed by atoms with van der Waals surface area (Å²) in [6.07, 6.45) is -4.29. The van der Waals surface area contributed by atoms with E-state index >= 15 is 0 Å². The van der Waals surface area contributed by atoms with Gasteiger partial charge >= 0.3 is 6.18 Å². The lowest BCUT2D eigenvalue weighted by Gasteiger charge is -2.35. The van der Waals surface area contributed by atoms with E-state index in [-0.39, 0.29) is 36.0 Å². The maximum atomic E-state index is 13.9. The maximum Gasteiger partial charge on any atom is 0.389 e. The van der Waals surface area contributed by atoms with Gasteiger partial charge in [-0.15, -0.1) is 0 Å². The van der Waals surface area contributed by atoms with Gasteiger partial charge in [-0.3, -0.25) is 9.59 Å². The number of aliphatic hydroxyl groups is 1. The van der Waals surface area contributed by atoms with Gasteiger partial charge in [-0.25, -0.2) is 0 Å².